The van der Waals surface area contributed by atoms with E-state index in [2.05, 4.69) is 21.6 Å². The van der Waals surface area contributed by atoms with Crippen molar-refractivity contribution in [2.75, 3.05) is 26.2 Å². The average Bonchev–Trinajstić information content (AvgIpc) is 2.89. The fraction of sp³-hybridized carbons (Fsp3) is 0.800. The van der Waals surface area contributed by atoms with Gasteiger partial charge in [0.2, 0.25) is 0 Å². The minimum absolute atomic E-state index is 0.234. The molecule has 1 unspecified atom stereocenters. The first kappa shape index (κ1) is 14.4. The molecule has 2 saturated heterocycles. The zero-order chi connectivity index (χ0) is 13.7. The Bertz CT molecular complexity index is 364. The number of carboxylic acid groups (broad SMARTS) is 1. The van der Waals surface area contributed by atoms with Gasteiger partial charge in [-0.2, -0.15) is 0 Å². The SMILES string of the molecule is CC#CCCN1CCC(N2CCCC2C(=O)O)CC1. The highest BCUT2D eigenvalue weighted by Gasteiger charge is 2.36. The van der Waals surface area contributed by atoms with Crippen LogP contribution in [0.25, 0.3) is 0 Å². The Morgan fingerprint density at radius 1 is 1.26 bits per heavy atom. The Morgan fingerprint density at radius 2 is 2.00 bits per heavy atom. The van der Waals surface area contributed by atoms with Crippen LogP contribution in [0.3, 0.4) is 0 Å². The molecule has 1 atom stereocenters. The molecule has 106 valence electrons. The van der Waals surface area contributed by atoms with E-state index >= 15 is 0 Å². The van der Waals surface area contributed by atoms with Crippen LogP contribution in [0.15, 0.2) is 0 Å². The molecule has 2 fully saturated rings. The van der Waals surface area contributed by atoms with E-state index in [1.165, 1.54) is 0 Å². The van der Waals surface area contributed by atoms with Crippen molar-refractivity contribution in [2.45, 2.75) is 51.1 Å². The molecular formula is C15H24N2O2. The Balaban J connectivity index is 1.79. The summed E-state index contributed by atoms with van der Waals surface area (Å²) in [6.45, 7) is 6.06. The van der Waals surface area contributed by atoms with Crippen LogP contribution in [0.5, 0.6) is 0 Å². The van der Waals surface area contributed by atoms with Crippen LogP contribution in [0, 0.1) is 11.8 Å². The first-order valence-corrected chi connectivity index (χ1v) is 7.33. The number of rotatable bonds is 4. The number of carbonyl (C=O) groups is 1. The Labute approximate surface area is 115 Å². The maximum atomic E-state index is 11.2. The second kappa shape index (κ2) is 6.93. The van der Waals surface area contributed by atoms with Crippen LogP contribution in [0.1, 0.15) is 39.0 Å². The first-order chi connectivity index (χ1) is 9.22. The Morgan fingerprint density at radius 3 is 2.63 bits per heavy atom. The van der Waals surface area contributed by atoms with Crippen LogP contribution >= 0.6 is 0 Å². The molecule has 4 nitrogen and oxygen atoms in total. The normalized spacial score (nSPS) is 26.1. The van der Waals surface area contributed by atoms with Crippen LogP contribution in [-0.2, 0) is 4.79 Å². The molecule has 0 aromatic heterocycles. The smallest absolute Gasteiger partial charge is 0.320 e. The molecular weight excluding hydrogens is 240 g/mol. The molecule has 19 heavy (non-hydrogen) atoms. The van der Waals surface area contributed by atoms with Gasteiger partial charge in [-0.15, -0.1) is 11.8 Å². The average molecular weight is 264 g/mol. The summed E-state index contributed by atoms with van der Waals surface area (Å²) in [7, 11) is 0. The zero-order valence-corrected chi connectivity index (χ0v) is 11.8. The number of likely N-dealkylation sites (tertiary alicyclic amines) is 2. The van der Waals surface area contributed by atoms with Crippen molar-refractivity contribution < 1.29 is 9.90 Å². The number of hydrogen-bond donors (Lipinski definition) is 1. The van der Waals surface area contributed by atoms with Gasteiger partial charge < -0.3 is 10.0 Å². The lowest BCUT2D eigenvalue weighted by atomic mass is 10.0. The van der Waals surface area contributed by atoms with Gasteiger partial charge in [0.25, 0.3) is 0 Å². The standard InChI is InChI=1S/C15H24N2O2/c1-2-3-4-9-16-11-7-13(8-12-16)17-10-5-6-14(17)15(18)19/h13-14H,4-12H2,1H3,(H,18,19). The lowest BCUT2D eigenvalue weighted by Gasteiger charge is -2.38. The van der Waals surface area contributed by atoms with E-state index in [1.54, 1.807) is 0 Å². The topological polar surface area (TPSA) is 43.8 Å². The molecule has 0 aliphatic carbocycles. The van der Waals surface area contributed by atoms with Crippen molar-refractivity contribution in [3.05, 3.63) is 0 Å². The summed E-state index contributed by atoms with van der Waals surface area (Å²) in [5.74, 6) is 5.39. The molecule has 2 aliphatic heterocycles. The van der Waals surface area contributed by atoms with Gasteiger partial charge >= 0.3 is 5.97 Å². The fourth-order valence-corrected chi connectivity index (χ4v) is 3.30. The minimum Gasteiger partial charge on any atom is -0.480 e. The third-order valence-corrected chi connectivity index (χ3v) is 4.34. The molecule has 4 heteroatoms. The van der Waals surface area contributed by atoms with Crippen molar-refractivity contribution in [1.29, 1.82) is 0 Å². The summed E-state index contributed by atoms with van der Waals surface area (Å²) in [6.07, 6.45) is 5.00. The molecule has 2 heterocycles. The van der Waals surface area contributed by atoms with E-state index < -0.39 is 5.97 Å². The van der Waals surface area contributed by atoms with Crippen LogP contribution in [-0.4, -0.2) is 59.1 Å². The van der Waals surface area contributed by atoms with Gasteiger partial charge in [-0.05, 0) is 52.2 Å². The van der Waals surface area contributed by atoms with Crippen LogP contribution in [0.2, 0.25) is 0 Å². The summed E-state index contributed by atoms with van der Waals surface area (Å²) < 4.78 is 0. The van der Waals surface area contributed by atoms with Gasteiger partial charge in [-0.25, -0.2) is 0 Å². The maximum absolute atomic E-state index is 11.2. The number of nitrogens with zero attached hydrogens (tertiary/aromatic N) is 2. The van der Waals surface area contributed by atoms with Gasteiger partial charge in [-0.3, -0.25) is 9.69 Å². The number of carboxylic acids is 1. The first-order valence-electron chi connectivity index (χ1n) is 7.33. The Kier molecular flexibility index (Phi) is 5.24. The van der Waals surface area contributed by atoms with E-state index in [9.17, 15) is 9.90 Å². The van der Waals surface area contributed by atoms with Gasteiger partial charge in [0.15, 0.2) is 0 Å². The molecule has 0 radical (unpaired) electrons. The van der Waals surface area contributed by atoms with Crippen LogP contribution in [0.4, 0.5) is 0 Å². The molecule has 0 aromatic carbocycles. The van der Waals surface area contributed by atoms with E-state index in [4.69, 9.17) is 0 Å². The van der Waals surface area contributed by atoms with E-state index in [1.807, 2.05) is 6.92 Å². The number of piperidine rings is 1. The zero-order valence-electron chi connectivity index (χ0n) is 11.8. The van der Waals surface area contributed by atoms with Gasteiger partial charge in [0.05, 0.1) is 0 Å². The molecule has 0 spiro atoms. The third-order valence-electron chi connectivity index (χ3n) is 4.34. The monoisotopic (exact) mass is 264 g/mol. The van der Waals surface area contributed by atoms with E-state index in [0.717, 1.165) is 58.3 Å². The van der Waals surface area contributed by atoms with Crippen molar-refractivity contribution in [3.63, 3.8) is 0 Å². The van der Waals surface area contributed by atoms with Crippen molar-refractivity contribution in [1.82, 2.24) is 9.80 Å². The van der Waals surface area contributed by atoms with Gasteiger partial charge in [0.1, 0.15) is 6.04 Å². The summed E-state index contributed by atoms with van der Waals surface area (Å²) in [6, 6.07) is 0.236. The third kappa shape index (κ3) is 3.71. The molecule has 0 aromatic rings. The number of hydrogen-bond acceptors (Lipinski definition) is 3. The summed E-state index contributed by atoms with van der Waals surface area (Å²) in [5.41, 5.74) is 0. The lowest BCUT2D eigenvalue weighted by Crippen LogP contribution is -2.48. The van der Waals surface area contributed by atoms with Gasteiger partial charge in [-0.1, -0.05) is 0 Å². The molecule has 2 aliphatic rings. The quantitative estimate of drug-likeness (QED) is 0.780. The van der Waals surface area contributed by atoms with E-state index in [-0.39, 0.29) is 6.04 Å². The largest absolute Gasteiger partial charge is 0.480 e. The predicted octanol–water partition coefficient (Wildman–Crippen LogP) is 1.41. The highest BCUT2D eigenvalue weighted by molar-refractivity contribution is 5.73. The summed E-state index contributed by atoms with van der Waals surface area (Å²) in [5, 5.41) is 9.24. The maximum Gasteiger partial charge on any atom is 0.320 e. The summed E-state index contributed by atoms with van der Waals surface area (Å²) in [4.78, 5) is 15.9. The predicted molar refractivity (Wildman–Crippen MR) is 74.9 cm³/mol. The highest BCUT2D eigenvalue weighted by Crippen LogP contribution is 2.26. The molecule has 0 saturated carbocycles. The molecule has 2 rings (SSSR count). The highest BCUT2D eigenvalue weighted by atomic mass is 16.4. The lowest BCUT2D eigenvalue weighted by molar-refractivity contribution is -0.143. The molecule has 0 bridgehead atoms. The minimum atomic E-state index is -0.641. The Hall–Kier alpha value is -1.05. The second-order valence-electron chi connectivity index (χ2n) is 5.48. The van der Waals surface area contributed by atoms with Crippen molar-refractivity contribution in [2.24, 2.45) is 0 Å². The van der Waals surface area contributed by atoms with Crippen LogP contribution < -0.4 is 0 Å². The van der Waals surface area contributed by atoms with Gasteiger partial charge in [0, 0.05) is 19.0 Å². The van der Waals surface area contributed by atoms with E-state index in [0.29, 0.717) is 6.04 Å². The second-order valence-corrected chi connectivity index (χ2v) is 5.48. The fourth-order valence-electron chi connectivity index (χ4n) is 3.30. The van der Waals surface area contributed by atoms with Crippen molar-refractivity contribution >= 4 is 5.97 Å². The molecule has 1 N–H and O–H groups in total. The molecule has 0 amide bonds. The van der Waals surface area contributed by atoms with Crippen molar-refractivity contribution in [3.8, 4) is 11.8 Å². The number of aliphatic carboxylic acids is 1. The summed E-state index contributed by atoms with van der Waals surface area (Å²) >= 11 is 0.